The lowest BCUT2D eigenvalue weighted by Crippen LogP contribution is -2.15. The molecule has 1 atom stereocenters. The molecule has 0 bridgehead atoms. The number of benzene rings is 1. The number of ether oxygens (including phenoxy) is 2. The number of rotatable bonds is 4. The van der Waals surface area contributed by atoms with E-state index in [0.717, 1.165) is 18.8 Å². The molecule has 3 aromatic rings. The van der Waals surface area contributed by atoms with Gasteiger partial charge in [0.05, 0.1) is 13.2 Å². The van der Waals surface area contributed by atoms with Gasteiger partial charge in [-0.3, -0.25) is 9.78 Å². The van der Waals surface area contributed by atoms with Crippen LogP contribution in [0, 0.1) is 0 Å². The Balaban J connectivity index is 1.65. The van der Waals surface area contributed by atoms with Crippen LogP contribution in [0.15, 0.2) is 40.9 Å². The first-order chi connectivity index (χ1) is 11.3. The van der Waals surface area contributed by atoms with Gasteiger partial charge in [0.2, 0.25) is 5.89 Å². The first-order valence-electron chi connectivity index (χ1n) is 7.38. The van der Waals surface area contributed by atoms with Crippen molar-refractivity contribution >= 4 is 17.4 Å². The van der Waals surface area contributed by atoms with E-state index in [0.29, 0.717) is 41.1 Å². The molecule has 1 aromatic carbocycles. The van der Waals surface area contributed by atoms with E-state index < -0.39 is 0 Å². The third kappa shape index (κ3) is 2.80. The van der Waals surface area contributed by atoms with Crippen molar-refractivity contribution in [3.05, 3.63) is 42.2 Å². The predicted octanol–water partition coefficient (Wildman–Crippen LogP) is 2.87. The van der Waals surface area contributed by atoms with Crippen LogP contribution in [-0.4, -0.2) is 35.6 Å². The van der Waals surface area contributed by atoms with Crippen LogP contribution in [0.1, 0.15) is 16.9 Å². The van der Waals surface area contributed by atoms with E-state index in [-0.39, 0.29) is 6.10 Å². The summed E-state index contributed by atoms with van der Waals surface area (Å²) in [5.41, 5.74) is 2.43. The third-order valence-corrected chi connectivity index (χ3v) is 3.70. The molecule has 0 N–H and O–H groups in total. The Morgan fingerprint density at radius 2 is 2.22 bits per heavy atom. The van der Waals surface area contributed by atoms with Crippen molar-refractivity contribution in [2.24, 2.45) is 0 Å². The minimum absolute atomic E-state index is 0.0918. The van der Waals surface area contributed by atoms with Crippen molar-refractivity contribution in [3.63, 3.8) is 0 Å². The molecule has 116 valence electrons. The van der Waals surface area contributed by atoms with Gasteiger partial charge in [0.1, 0.15) is 23.1 Å². The molecule has 1 unspecified atom stereocenters. The Hall–Kier alpha value is -2.73. The minimum Gasteiger partial charge on any atom is -0.488 e. The lowest BCUT2D eigenvalue weighted by molar-refractivity contribution is 0.111. The molecule has 3 heterocycles. The predicted molar refractivity (Wildman–Crippen MR) is 82.5 cm³/mol. The summed E-state index contributed by atoms with van der Waals surface area (Å²) in [6, 6.07) is 8.94. The summed E-state index contributed by atoms with van der Waals surface area (Å²) in [6.45, 7) is 1.36. The molecule has 6 heteroatoms. The zero-order valence-electron chi connectivity index (χ0n) is 12.3. The molecular formula is C17H14N2O4. The van der Waals surface area contributed by atoms with Gasteiger partial charge in [-0.05, 0) is 24.3 Å². The smallest absolute Gasteiger partial charge is 0.227 e. The van der Waals surface area contributed by atoms with Crippen LogP contribution in [-0.2, 0) is 4.74 Å². The standard InChI is InChI=1S/C17H14N2O4/c20-9-12-7-11(3-5-18-12)17-19-15-8-13(1-2-16(15)23-17)22-14-4-6-21-10-14/h1-3,5,7-9,14H,4,6,10H2. The minimum atomic E-state index is 0.0918. The van der Waals surface area contributed by atoms with Crippen LogP contribution < -0.4 is 4.74 Å². The van der Waals surface area contributed by atoms with Crippen molar-refractivity contribution < 1.29 is 18.7 Å². The van der Waals surface area contributed by atoms with Gasteiger partial charge < -0.3 is 13.9 Å². The van der Waals surface area contributed by atoms with Crippen molar-refractivity contribution in [3.8, 4) is 17.2 Å². The fourth-order valence-electron chi connectivity index (χ4n) is 2.55. The molecule has 6 nitrogen and oxygen atoms in total. The summed E-state index contributed by atoms with van der Waals surface area (Å²) in [7, 11) is 0. The topological polar surface area (TPSA) is 74.5 Å². The second kappa shape index (κ2) is 5.81. The van der Waals surface area contributed by atoms with Gasteiger partial charge in [-0.25, -0.2) is 4.98 Å². The molecule has 0 amide bonds. The number of carbonyl (C=O) groups is 1. The van der Waals surface area contributed by atoms with Gasteiger partial charge >= 0.3 is 0 Å². The van der Waals surface area contributed by atoms with E-state index in [1.165, 1.54) is 0 Å². The van der Waals surface area contributed by atoms with Gasteiger partial charge in [-0.2, -0.15) is 0 Å². The summed E-state index contributed by atoms with van der Waals surface area (Å²) in [5.74, 6) is 1.20. The molecule has 0 spiro atoms. The maximum absolute atomic E-state index is 10.8. The summed E-state index contributed by atoms with van der Waals surface area (Å²) >= 11 is 0. The van der Waals surface area contributed by atoms with Crippen LogP contribution in [0.3, 0.4) is 0 Å². The van der Waals surface area contributed by atoms with Gasteiger partial charge in [-0.15, -0.1) is 0 Å². The molecule has 1 aliphatic rings. The number of nitrogens with zero attached hydrogens (tertiary/aromatic N) is 2. The first kappa shape index (κ1) is 13.9. The van der Waals surface area contributed by atoms with Crippen molar-refractivity contribution in [1.29, 1.82) is 0 Å². The number of carbonyl (C=O) groups excluding carboxylic acids is 1. The number of pyridine rings is 1. The number of hydrogen-bond acceptors (Lipinski definition) is 6. The Kier molecular flexibility index (Phi) is 3.51. The monoisotopic (exact) mass is 310 g/mol. The van der Waals surface area contributed by atoms with Crippen LogP contribution >= 0.6 is 0 Å². The molecule has 0 aliphatic carbocycles. The molecule has 23 heavy (non-hydrogen) atoms. The first-order valence-corrected chi connectivity index (χ1v) is 7.38. The second-order valence-electron chi connectivity index (χ2n) is 5.34. The Morgan fingerprint density at radius 3 is 3.04 bits per heavy atom. The molecular weight excluding hydrogens is 296 g/mol. The fourth-order valence-corrected chi connectivity index (χ4v) is 2.55. The number of oxazole rings is 1. The molecule has 1 aliphatic heterocycles. The lowest BCUT2D eigenvalue weighted by Gasteiger charge is -2.10. The SMILES string of the molecule is O=Cc1cc(-c2nc3cc(OC4CCOC4)ccc3o2)ccn1. The van der Waals surface area contributed by atoms with Gasteiger partial charge in [0.15, 0.2) is 11.9 Å². The molecule has 1 saturated heterocycles. The van der Waals surface area contributed by atoms with Crippen molar-refractivity contribution in [1.82, 2.24) is 9.97 Å². The largest absolute Gasteiger partial charge is 0.488 e. The second-order valence-corrected chi connectivity index (χ2v) is 5.34. The van der Waals surface area contributed by atoms with Crippen LogP contribution in [0.25, 0.3) is 22.6 Å². The van der Waals surface area contributed by atoms with Crippen LogP contribution in [0.5, 0.6) is 5.75 Å². The average molecular weight is 310 g/mol. The Morgan fingerprint density at radius 1 is 1.26 bits per heavy atom. The fraction of sp³-hybridized carbons (Fsp3) is 0.235. The van der Waals surface area contributed by atoms with Crippen molar-refractivity contribution in [2.45, 2.75) is 12.5 Å². The van der Waals surface area contributed by atoms with Gasteiger partial charge in [-0.1, -0.05) is 0 Å². The molecule has 1 fully saturated rings. The third-order valence-electron chi connectivity index (χ3n) is 3.70. The van der Waals surface area contributed by atoms with E-state index >= 15 is 0 Å². The number of fused-ring (bicyclic) bond motifs is 1. The summed E-state index contributed by atoms with van der Waals surface area (Å²) in [6.07, 6.45) is 3.24. The normalized spacial score (nSPS) is 17.5. The molecule has 2 aromatic heterocycles. The van der Waals surface area contributed by atoms with E-state index in [4.69, 9.17) is 13.9 Å². The summed E-state index contributed by atoms with van der Waals surface area (Å²) in [4.78, 5) is 19.2. The quantitative estimate of drug-likeness (QED) is 0.690. The Bertz CT molecular complexity index is 853. The average Bonchev–Trinajstić information content (AvgIpc) is 3.24. The highest BCUT2D eigenvalue weighted by Crippen LogP contribution is 2.28. The van der Waals surface area contributed by atoms with E-state index in [1.807, 2.05) is 18.2 Å². The molecule has 4 rings (SSSR count). The highest BCUT2D eigenvalue weighted by atomic mass is 16.5. The molecule has 0 saturated carbocycles. The Labute approximate surface area is 132 Å². The number of aldehydes is 1. The van der Waals surface area contributed by atoms with E-state index in [9.17, 15) is 4.79 Å². The van der Waals surface area contributed by atoms with Gasteiger partial charge in [0.25, 0.3) is 0 Å². The van der Waals surface area contributed by atoms with Crippen LogP contribution in [0.2, 0.25) is 0 Å². The number of aromatic nitrogens is 2. The van der Waals surface area contributed by atoms with E-state index in [2.05, 4.69) is 9.97 Å². The number of hydrogen-bond donors (Lipinski definition) is 0. The summed E-state index contributed by atoms with van der Waals surface area (Å²) < 4.78 is 16.9. The van der Waals surface area contributed by atoms with E-state index in [1.54, 1.807) is 18.3 Å². The van der Waals surface area contributed by atoms with Crippen molar-refractivity contribution in [2.75, 3.05) is 13.2 Å². The summed E-state index contributed by atoms with van der Waals surface area (Å²) in [5, 5.41) is 0. The highest BCUT2D eigenvalue weighted by Gasteiger charge is 2.18. The zero-order valence-corrected chi connectivity index (χ0v) is 12.3. The van der Waals surface area contributed by atoms with Gasteiger partial charge in [0, 0.05) is 24.2 Å². The maximum Gasteiger partial charge on any atom is 0.227 e. The van der Waals surface area contributed by atoms with Crippen LogP contribution in [0.4, 0.5) is 0 Å². The molecule has 0 radical (unpaired) electrons. The zero-order chi connectivity index (χ0) is 15.6. The lowest BCUT2D eigenvalue weighted by atomic mass is 10.2. The maximum atomic E-state index is 10.8. The highest BCUT2D eigenvalue weighted by molar-refractivity contribution is 5.79.